The second-order valence-corrected chi connectivity index (χ2v) is 6.69. The summed E-state index contributed by atoms with van der Waals surface area (Å²) in [5.41, 5.74) is 2.65. The highest BCUT2D eigenvalue weighted by atomic mass is 32.1. The summed E-state index contributed by atoms with van der Waals surface area (Å²) >= 11 is 5.22. The van der Waals surface area contributed by atoms with E-state index in [2.05, 4.69) is 0 Å². The fourth-order valence-corrected chi connectivity index (χ4v) is 3.22. The Kier molecular flexibility index (Phi) is 4.12. The molecule has 27 heavy (non-hydrogen) atoms. The van der Waals surface area contributed by atoms with Crippen LogP contribution in [0.1, 0.15) is 5.56 Å². The van der Waals surface area contributed by atoms with Crippen molar-refractivity contribution in [1.29, 1.82) is 0 Å². The van der Waals surface area contributed by atoms with Crippen molar-refractivity contribution < 1.29 is 9.21 Å². The molecule has 2 heterocycles. The van der Waals surface area contributed by atoms with Gasteiger partial charge in [-0.15, -0.1) is 0 Å². The Balaban J connectivity index is 1.69. The number of rotatable bonds is 2. The van der Waals surface area contributed by atoms with Crippen LogP contribution in [-0.4, -0.2) is 34.9 Å². The molecule has 1 aromatic heterocycles. The SMILES string of the molecule is CN1C(=O)/C(=C/c2ccc(-c3cc(=O)c4ccccc4o3)cc2)N(C)C1=S. The third kappa shape index (κ3) is 2.94. The average molecular weight is 376 g/mol. The Hall–Kier alpha value is -3.25. The molecular weight excluding hydrogens is 360 g/mol. The molecule has 0 spiro atoms. The molecule has 134 valence electrons. The van der Waals surface area contributed by atoms with Gasteiger partial charge in [0.2, 0.25) is 0 Å². The van der Waals surface area contributed by atoms with Crippen molar-refractivity contribution in [1.82, 2.24) is 9.80 Å². The maximum absolute atomic E-state index is 12.3. The fourth-order valence-electron chi connectivity index (χ4n) is 3.04. The number of hydrogen-bond donors (Lipinski definition) is 0. The topological polar surface area (TPSA) is 53.8 Å². The molecule has 1 amide bonds. The van der Waals surface area contributed by atoms with E-state index < -0.39 is 0 Å². The van der Waals surface area contributed by atoms with Crippen LogP contribution in [0.3, 0.4) is 0 Å². The van der Waals surface area contributed by atoms with Crippen molar-refractivity contribution in [2.24, 2.45) is 0 Å². The molecule has 0 unspecified atom stereocenters. The molecule has 3 aromatic rings. The van der Waals surface area contributed by atoms with E-state index in [4.69, 9.17) is 16.6 Å². The normalized spacial score (nSPS) is 16.0. The van der Waals surface area contributed by atoms with Crippen LogP contribution >= 0.6 is 12.2 Å². The third-order valence-corrected chi connectivity index (χ3v) is 5.14. The Labute approximate surface area is 161 Å². The molecule has 0 radical (unpaired) electrons. The Bertz CT molecular complexity index is 1160. The van der Waals surface area contributed by atoms with Crippen LogP contribution in [-0.2, 0) is 4.79 Å². The predicted octanol–water partition coefficient (Wildman–Crippen LogP) is 3.49. The molecule has 6 heteroatoms. The minimum Gasteiger partial charge on any atom is -0.456 e. The molecule has 0 aliphatic carbocycles. The first-order valence-corrected chi connectivity index (χ1v) is 8.77. The molecular formula is C21H16N2O3S. The minimum atomic E-state index is -0.132. The van der Waals surface area contributed by atoms with E-state index in [1.165, 1.54) is 11.0 Å². The summed E-state index contributed by atoms with van der Waals surface area (Å²) < 4.78 is 5.86. The average Bonchev–Trinajstić information content (AvgIpc) is 2.86. The molecule has 1 aliphatic heterocycles. The van der Waals surface area contributed by atoms with Gasteiger partial charge >= 0.3 is 0 Å². The van der Waals surface area contributed by atoms with Gasteiger partial charge in [0.15, 0.2) is 10.5 Å². The number of fused-ring (bicyclic) bond motifs is 1. The zero-order chi connectivity index (χ0) is 19.1. The third-order valence-electron chi connectivity index (χ3n) is 4.59. The van der Waals surface area contributed by atoms with Gasteiger partial charge in [0, 0.05) is 25.7 Å². The first-order valence-electron chi connectivity index (χ1n) is 8.36. The van der Waals surface area contributed by atoms with Crippen molar-refractivity contribution in [2.45, 2.75) is 0 Å². The maximum Gasteiger partial charge on any atom is 0.276 e. The number of carbonyl (C=O) groups excluding carboxylic acids is 1. The lowest BCUT2D eigenvalue weighted by molar-refractivity contribution is -0.121. The van der Waals surface area contributed by atoms with Crippen LogP contribution in [0, 0.1) is 0 Å². The van der Waals surface area contributed by atoms with Gasteiger partial charge < -0.3 is 9.32 Å². The molecule has 0 bridgehead atoms. The first-order chi connectivity index (χ1) is 13.0. The van der Waals surface area contributed by atoms with E-state index in [1.807, 2.05) is 36.4 Å². The van der Waals surface area contributed by atoms with E-state index in [0.717, 1.165) is 11.1 Å². The summed E-state index contributed by atoms with van der Waals surface area (Å²) in [5.74, 6) is 0.375. The predicted molar refractivity (Wildman–Crippen MR) is 109 cm³/mol. The molecule has 0 atom stereocenters. The second kappa shape index (κ2) is 6.48. The van der Waals surface area contributed by atoms with Gasteiger partial charge in [-0.3, -0.25) is 14.5 Å². The van der Waals surface area contributed by atoms with Crippen molar-refractivity contribution in [3.05, 3.63) is 76.1 Å². The van der Waals surface area contributed by atoms with Crippen LogP contribution < -0.4 is 5.43 Å². The van der Waals surface area contributed by atoms with Crippen LogP contribution in [0.4, 0.5) is 0 Å². The van der Waals surface area contributed by atoms with Crippen LogP contribution in [0.15, 0.2) is 69.5 Å². The smallest absolute Gasteiger partial charge is 0.276 e. The summed E-state index contributed by atoms with van der Waals surface area (Å²) in [4.78, 5) is 27.7. The Morgan fingerprint density at radius 1 is 0.963 bits per heavy atom. The lowest BCUT2D eigenvalue weighted by Crippen LogP contribution is -2.26. The van der Waals surface area contributed by atoms with Crippen LogP contribution in [0.25, 0.3) is 28.4 Å². The standard InChI is InChI=1S/C21H16N2O3S/c1-22-16(20(25)23(2)21(22)27)11-13-7-9-14(10-8-13)19-12-17(24)15-5-3-4-6-18(15)26-19/h3-12H,1-2H3/b16-11-. The highest BCUT2D eigenvalue weighted by Crippen LogP contribution is 2.25. The number of likely N-dealkylation sites (N-methyl/N-ethyl adjacent to an activating group) is 2. The number of amides is 1. The van der Waals surface area contributed by atoms with E-state index >= 15 is 0 Å². The first kappa shape index (κ1) is 17.2. The highest BCUT2D eigenvalue weighted by molar-refractivity contribution is 7.80. The molecule has 2 aromatic carbocycles. The van der Waals surface area contributed by atoms with Crippen molar-refractivity contribution in [3.63, 3.8) is 0 Å². The fraction of sp³-hybridized carbons (Fsp3) is 0.0952. The number of nitrogens with zero attached hydrogens (tertiary/aromatic N) is 2. The monoisotopic (exact) mass is 376 g/mol. The Morgan fingerprint density at radius 2 is 1.67 bits per heavy atom. The summed E-state index contributed by atoms with van der Waals surface area (Å²) in [6.45, 7) is 0. The number of para-hydroxylation sites is 1. The van der Waals surface area contributed by atoms with Gasteiger partial charge in [-0.05, 0) is 36.0 Å². The van der Waals surface area contributed by atoms with Gasteiger partial charge in [-0.1, -0.05) is 36.4 Å². The molecule has 0 N–H and O–H groups in total. The van der Waals surface area contributed by atoms with Gasteiger partial charge in [0.05, 0.1) is 5.39 Å². The van der Waals surface area contributed by atoms with Gasteiger partial charge in [0.1, 0.15) is 17.0 Å². The summed E-state index contributed by atoms with van der Waals surface area (Å²) in [5, 5.41) is 1.03. The number of carbonyl (C=O) groups is 1. The second-order valence-electron chi connectivity index (χ2n) is 6.33. The summed E-state index contributed by atoms with van der Waals surface area (Å²) in [6, 6.07) is 16.1. The van der Waals surface area contributed by atoms with E-state index in [-0.39, 0.29) is 11.3 Å². The minimum absolute atomic E-state index is 0.0761. The largest absolute Gasteiger partial charge is 0.456 e. The molecule has 4 rings (SSSR count). The van der Waals surface area contributed by atoms with Crippen molar-refractivity contribution in [2.75, 3.05) is 14.1 Å². The Morgan fingerprint density at radius 3 is 2.33 bits per heavy atom. The van der Waals surface area contributed by atoms with E-state index in [9.17, 15) is 9.59 Å². The number of benzene rings is 2. The molecule has 0 saturated carbocycles. The van der Waals surface area contributed by atoms with Crippen LogP contribution in [0.5, 0.6) is 0 Å². The number of thiocarbonyl (C=S) groups is 1. The summed E-state index contributed by atoms with van der Waals surface area (Å²) in [7, 11) is 3.43. The molecule has 1 saturated heterocycles. The number of hydrogen-bond acceptors (Lipinski definition) is 4. The lowest BCUT2D eigenvalue weighted by Gasteiger charge is -2.11. The zero-order valence-electron chi connectivity index (χ0n) is 14.8. The van der Waals surface area contributed by atoms with Gasteiger partial charge in [-0.2, -0.15) is 0 Å². The molecule has 5 nitrogen and oxygen atoms in total. The lowest BCUT2D eigenvalue weighted by atomic mass is 10.1. The maximum atomic E-state index is 12.3. The van der Waals surface area contributed by atoms with E-state index in [1.54, 1.807) is 37.2 Å². The molecule has 1 fully saturated rings. The van der Waals surface area contributed by atoms with Gasteiger partial charge in [-0.25, -0.2) is 0 Å². The van der Waals surface area contributed by atoms with E-state index in [0.29, 0.717) is 27.5 Å². The zero-order valence-corrected chi connectivity index (χ0v) is 15.6. The van der Waals surface area contributed by atoms with Gasteiger partial charge in [0.25, 0.3) is 5.91 Å². The molecule has 1 aliphatic rings. The van der Waals surface area contributed by atoms with Crippen LogP contribution in [0.2, 0.25) is 0 Å². The van der Waals surface area contributed by atoms with Crippen molar-refractivity contribution >= 4 is 40.3 Å². The summed E-state index contributed by atoms with van der Waals surface area (Å²) in [6.07, 6.45) is 1.79. The highest BCUT2D eigenvalue weighted by Gasteiger charge is 2.32. The van der Waals surface area contributed by atoms with Crippen molar-refractivity contribution in [3.8, 4) is 11.3 Å². The quantitative estimate of drug-likeness (QED) is 0.506.